The molecule has 2 aliphatic heterocycles. The maximum absolute atomic E-state index is 13.2. The van der Waals surface area contributed by atoms with E-state index in [1.807, 2.05) is 0 Å². The summed E-state index contributed by atoms with van der Waals surface area (Å²) >= 11 is 1.74. The normalized spacial score (nSPS) is 20.5. The van der Waals surface area contributed by atoms with Crippen LogP contribution in [0.3, 0.4) is 0 Å². The summed E-state index contributed by atoms with van der Waals surface area (Å²) in [5.74, 6) is -0.315. The average Bonchev–Trinajstić information content (AvgIpc) is 3.33. The van der Waals surface area contributed by atoms with Gasteiger partial charge in [-0.25, -0.2) is 5.43 Å². The molecule has 3 N–H and O–H groups in total. The van der Waals surface area contributed by atoms with E-state index in [4.69, 9.17) is 0 Å². The van der Waals surface area contributed by atoms with Crippen LogP contribution in [0.25, 0.3) is 0 Å². The molecule has 2 aliphatic rings. The van der Waals surface area contributed by atoms with Gasteiger partial charge in [0.1, 0.15) is 0 Å². The lowest BCUT2D eigenvalue weighted by Gasteiger charge is -2.20. The molecule has 8 nitrogen and oxygen atoms in total. The summed E-state index contributed by atoms with van der Waals surface area (Å²) in [5, 5.41) is 6.73. The van der Waals surface area contributed by atoms with Gasteiger partial charge < -0.3 is 10.6 Å². The second kappa shape index (κ2) is 8.62. The predicted octanol–water partition coefficient (Wildman–Crippen LogP) is 2.48. The smallest absolute Gasteiger partial charge is 0.277 e. The first-order valence-electron chi connectivity index (χ1n) is 9.95. The number of fused-ring (bicyclic) bond motifs is 1. The van der Waals surface area contributed by atoms with E-state index in [-0.39, 0.29) is 21.8 Å². The molecule has 1 amide bonds. The number of rotatable bonds is 6. The molecule has 2 aromatic rings. The minimum atomic E-state index is -3.93. The Kier molecular flexibility index (Phi) is 6.07. The number of Topliss-reactive ketones (excluding diaryl/α,β-unsaturated/α-hetero) is 1. The van der Waals surface area contributed by atoms with E-state index in [9.17, 15) is 18.0 Å². The molecule has 31 heavy (non-hydrogen) atoms. The molecule has 10 heteroatoms. The number of sulfonamides is 1. The highest BCUT2D eigenvalue weighted by molar-refractivity contribution is 8.00. The van der Waals surface area contributed by atoms with Crippen LogP contribution in [-0.2, 0) is 21.4 Å². The molecule has 4 rings (SSSR count). The zero-order valence-electron chi connectivity index (χ0n) is 17.2. The first-order valence-corrected chi connectivity index (χ1v) is 12.3. The molecule has 0 bridgehead atoms. The molecule has 0 spiro atoms. The van der Waals surface area contributed by atoms with Crippen LogP contribution in [-0.4, -0.2) is 37.3 Å². The lowest BCUT2D eigenvalue weighted by molar-refractivity contribution is -0.116. The lowest BCUT2D eigenvalue weighted by atomic mass is 10.1. The van der Waals surface area contributed by atoms with Gasteiger partial charge >= 0.3 is 0 Å². The molecule has 0 aromatic heterocycles. The molecular weight excluding hydrogens is 436 g/mol. The summed E-state index contributed by atoms with van der Waals surface area (Å²) in [5.41, 5.74) is 5.01. The summed E-state index contributed by atoms with van der Waals surface area (Å²) in [6.45, 7) is 4.60. The van der Waals surface area contributed by atoms with Crippen LogP contribution < -0.4 is 20.5 Å². The quantitative estimate of drug-likeness (QED) is 0.569. The largest absolute Gasteiger partial charge is 0.326 e. The molecule has 0 radical (unpaired) electrons. The molecule has 2 heterocycles. The van der Waals surface area contributed by atoms with Crippen molar-refractivity contribution >= 4 is 44.9 Å². The van der Waals surface area contributed by atoms with Crippen molar-refractivity contribution in [3.05, 3.63) is 53.6 Å². The van der Waals surface area contributed by atoms with E-state index >= 15 is 0 Å². The van der Waals surface area contributed by atoms with E-state index in [0.29, 0.717) is 35.3 Å². The number of thioether (sulfide) groups is 1. The first-order chi connectivity index (χ1) is 14.7. The van der Waals surface area contributed by atoms with Crippen molar-refractivity contribution in [1.29, 1.82) is 0 Å². The van der Waals surface area contributed by atoms with E-state index in [0.717, 1.165) is 16.5 Å². The third-order valence-corrected chi connectivity index (χ3v) is 8.17. The standard InChI is InChI=1S/C21H24N4O4S2/c1-13(26)15-4-3-5-19(8-15)31(28,29)25-20-9-17(7-6-16(20)11-23-25)24-21(27)10-18-12-22-14(2)30-18/h3-9,14,18,22-23H,10-12H2,1-2H3,(H,24,27). The fraction of sp³-hybridized carbons (Fsp3) is 0.333. The van der Waals surface area contributed by atoms with Crippen LogP contribution in [0.1, 0.15) is 36.2 Å². The van der Waals surface area contributed by atoms with Gasteiger partial charge in [-0.1, -0.05) is 18.2 Å². The van der Waals surface area contributed by atoms with E-state index < -0.39 is 10.0 Å². The Balaban J connectivity index is 1.54. The summed E-state index contributed by atoms with van der Waals surface area (Å²) < 4.78 is 27.5. The Hall–Kier alpha value is -2.40. The Labute approximate surface area is 185 Å². The maximum atomic E-state index is 13.2. The second-order valence-corrected chi connectivity index (χ2v) is 11.0. The zero-order valence-corrected chi connectivity index (χ0v) is 18.8. The molecule has 1 fully saturated rings. The molecule has 0 aliphatic carbocycles. The highest BCUT2D eigenvalue weighted by Crippen LogP contribution is 2.33. The van der Waals surface area contributed by atoms with E-state index in [1.54, 1.807) is 42.1 Å². The lowest BCUT2D eigenvalue weighted by Crippen LogP contribution is -2.38. The number of hydrazine groups is 1. The van der Waals surface area contributed by atoms with Crippen molar-refractivity contribution < 1.29 is 18.0 Å². The summed E-state index contributed by atoms with van der Waals surface area (Å²) in [7, 11) is -3.93. The van der Waals surface area contributed by atoms with Crippen molar-refractivity contribution in [3.63, 3.8) is 0 Å². The monoisotopic (exact) mass is 460 g/mol. The van der Waals surface area contributed by atoms with Crippen LogP contribution >= 0.6 is 11.8 Å². The topological polar surface area (TPSA) is 108 Å². The number of anilines is 2. The molecule has 2 atom stereocenters. The van der Waals surface area contributed by atoms with Gasteiger partial charge in [0.15, 0.2) is 5.78 Å². The minimum Gasteiger partial charge on any atom is -0.326 e. The number of benzene rings is 2. The number of nitrogens with one attached hydrogen (secondary N) is 3. The summed E-state index contributed by atoms with van der Waals surface area (Å²) in [6, 6.07) is 11.2. The van der Waals surface area contributed by atoms with E-state index in [1.165, 1.54) is 19.1 Å². The third kappa shape index (κ3) is 4.62. The third-order valence-electron chi connectivity index (χ3n) is 5.22. The maximum Gasteiger partial charge on any atom is 0.277 e. The van der Waals surface area contributed by atoms with Gasteiger partial charge in [0.2, 0.25) is 5.91 Å². The minimum absolute atomic E-state index is 0.0230. The van der Waals surface area contributed by atoms with Crippen LogP contribution in [0.5, 0.6) is 0 Å². The Morgan fingerprint density at radius 1 is 1.23 bits per heavy atom. The van der Waals surface area contributed by atoms with Crippen LogP contribution in [0.15, 0.2) is 47.4 Å². The van der Waals surface area contributed by atoms with Crippen molar-refractivity contribution in [3.8, 4) is 0 Å². The van der Waals surface area contributed by atoms with Gasteiger partial charge in [-0.05, 0) is 43.7 Å². The molecule has 164 valence electrons. The fourth-order valence-corrected chi connectivity index (χ4v) is 6.25. The van der Waals surface area contributed by atoms with Gasteiger partial charge in [0, 0.05) is 36.0 Å². The van der Waals surface area contributed by atoms with Crippen molar-refractivity contribution in [1.82, 2.24) is 10.7 Å². The zero-order chi connectivity index (χ0) is 22.2. The number of carbonyl (C=O) groups is 2. The molecule has 0 saturated carbocycles. The fourth-order valence-electron chi connectivity index (χ4n) is 3.64. The number of ketones is 1. The predicted molar refractivity (Wildman–Crippen MR) is 121 cm³/mol. The molecular formula is C21H24N4O4S2. The number of nitrogens with zero attached hydrogens (tertiary/aromatic N) is 1. The Bertz CT molecular complexity index is 1140. The summed E-state index contributed by atoms with van der Waals surface area (Å²) in [6.07, 6.45) is 0.386. The van der Waals surface area contributed by atoms with Gasteiger partial charge in [0.05, 0.1) is 16.0 Å². The Morgan fingerprint density at radius 3 is 2.74 bits per heavy atom. The van der Waals surface area contributed by atoms with Gasteiger partial charge in [-0.15, -0.1) is 11.8 Å². The second-order valence-electron chi connectivity index (χ2n) is 7.59. The SMILES string of the molecule is CC(=O)c1cccc(S(=O)(=O)N2NCc3ccc(NC(=O)CC4CNC(C)S4)cc32)c1. The molecule has 2 unspecified atom stereocenters. The van der Waals surface area contributed by atoms with Gasteiger partial charge in [0.25, 0.3) is 10.0 Å². The summed E-state index contributed by atoms with van der Waals surface area (Å²) in [4.78, 5) is 24.1. The molecule has 2 aromatic carbocycles. The van der Waals surface area contributed by atoms with Gasteiger partial charge in [-0.2, -0.15) is 12.8 Å². The average molecular weight is 461 g/mol. The van der Waals surface area contributed by atoms with Crippen molar-refractivity contribution in [2.24, 2.45) is 0 Å². The van der Waals surface area contributed by atoms with Gasteiger partial charge in [-0.3, -0.25) is 9.59 Å². The number of hydrogen-bond donors (Lipinski definition) is 3. The van der Waals surface area contributed by atoms with Crippen LogP contribution in [0, 0.1) is 0 Å². The molecule has 1 saturated heterocycles. The first kappa shape index (κ1) is 21.8. The number of carbonyl (C=O) groups excluding carboxylic acids is 2. The van der Waals surface area contributed by atoms with Crippen LogP contribution in [0.4, 0.5) is 11.4 Å². The highest BCUT2D eigenvalue weighted by Gasteiger charge is 2.32. The van der Waals surface area contributed by atoms with Crippen molar-refractivity contribution in [2.45, 2.75) is 42.3 Å². The Morgan fingerprint density at radius 2 is 2.03 bits per heavy atom. The number of hydrogen-bond acceptors (Lipinski definition) is 7. The van der Waals surface area contributed by atoms with Crippen LogP contribution in [0.2, 0.25) is 0 Å². The highest BCUT2D eigenvalue weighted by atomic mass is 32.2. The van der Waals surface area contributed by atoms with E-state index in [2.05, 4.69) is 23.0 Å². The van der Waals surface area contributed by atoms with Crippen molar-refractivity contribution in [2.75, 3.05) is 16.3 Å². The number of amides is 1.